The first-order chi connectivity index (χ1) is 7.58. The molecule has 0 unspecified atom stereocenters. The summed E-state index contributed by atoms with van der Waals surface area (Å²) in [6, 6.07) is 9.08. The molecule has 2 rings (SSSR count). The molecule has 0 aromatic heterocycles. The number of hydrogen-bond acceptors (Lipinski definition) is 0. The van der Waals surface area contributed by atoms with Gasteiger partial charge in [-0.2, -0.15) is 0 Å². The minimum absolute atomic E-state index is 0.0382. The first-order valence-electron chi connectivity index (χ1n) is 4.79. The predicted octanol–water partition coefficient (Wildman–Crippen LogP) is 4.59. The Morgan fingerprint density at radius 3 is 2.31 bits per heavy atom. The van der Waals surface area contributed by atoms with E-state index in [9.17, 15) is 8.78 Å². The lowest BCUT2D eigenvalue weighted by atomic mass is 10.0. The molecule has 0 fully saturated rings. The number of aryl methyl sites for hydroxylation is 1. The fourth-order valence-electron chi connectivity index (χ4n) is 1.52. The fraction of sp³-hybridized carbons (Fsp3) is 0.0769. The molecule has 0 radical (unpaired) electrons. The highest BCUT2D eigenvalue weighted by atomic mass is 35.5. The van der Waals surface area contributed by atoms with E-state index in [1.807, 2.05) is 0 Å². The predicted molar refractivity (Wildman–Crippen MR) is 61.5 cm³/mol. The molecule has 0 nitrogen and oxygen atoms in total. The van der Waals surface area contributed by atoms with Gasteiger partial charge in [0.25, 0.3) is 0 Å². The average Bonchev–Trinajstić information content (AvgIpc) is 2.22. The molecule has 0 bridgehead atoms. The molecule has 2 aromatic carbocycles. The van der Waals surface area contributed by atoms with Gasteiger partial charge in [0, 0.05) is 5.56 Å². The normalized spacial score (nSPS) is 10.5. The molecule has 2 aromatic rings. The van der Waals surface area contributed by atoms with E-state index >= 15 is 0 Å². The zero-order valence-corrected chi connectivity index (χ0v) is 9.35. The van der Waals surface area contributed by atoms with Crippen molar-refractivity contribution in [2.24, 2.45) is 0 Å². The summed E-state index contributed by atoms with van der Waals surface area (Å²) in [7, 11) is 0. The molecular weight excluding hydrogens is 230 g/mol. The third kappa shape index (κ3) is 2.07. The van der Waals surface area contributed by atoms with Gasteiger partial charge in [-0.3, -0.25) is 0 Å². The van der Waals surface area contributed by atoms with E-state index in [-0.39, 0.29) is 10.8 Å². The molecule has 3 heteroatoms. The van der Waals surface area contributed by atoms with Crippen LogP contribution in [0.2, 0.25) is 5.02 Å². The number of benzene rings is 2. The van der Waals surface area contributed by atoms with Crippen LogP contribution in [0.5, 0.6) is 0 Å². The first kappa shape index (κ1) is 11.1. The molecule has 0 saturated heterocycles. The van der Waals surface area contributed by atoms with Gasteiger partial charge < -0.3 is 0 Å². The van der Waals surface area contributed by atoms with Gasteiger partial charge in [0.05, 0.1) is 5.02 Å². The molecule has 0 aliphatic carbocycles. The Kier molecular flexibility index (Phi) is 2.92. The molecule has 0 N–H and O–H groups in total. The van der Waals surface area contributed by atoms with Crippen molar-refractivity contribution in [1.29, 1.82) is 0 Å². The molecule has 0 atom stereocenters. The van der Waals surface area contributed by atoms with Crippen LogP contribution < -0.4 is 0 Å². The molecule has 0 spiro atoms. The Balaban J connectivity index is 2.54. The number of rotatable bonds is 1. The SMILES string of the molecule is Cc1ccc(-c2ccc(Cl)c(F)c2)c(F)c1. The van der Waals surface area contributed by atoms with E-state index in [2.05, 4.69) is 0 Å². The summed E-state index contributed by atoms with van der Waals surface area (Å²) in [5.41, 5.74) is 1.69. The highest BCUT2D eigenvalue weighted by Crippen LogP contribution is 2.26. The molecule has 0 aliphatic heterocycles. The summed E-state index contributed by atoms with van der Waals surface area (Å²) in [5.74, 6) is -0.902. The molecule has 82 valence electrons. The zero-order chi connectivity index (χ0) is 11.7. The topological polar surface area (TPSA) is 0 Å². The Hall–Kier alpha value is -1.41. The second-order valence-electron chi connectivity index (χ2n) is 3.61. The summed E-state index contributed by atoms with van der Waals surface area (Å²) < 4.78 is 26.8. The molecule has 16 heavy (non-hydrogen) atoms. The van der Waals surface area contributed by atoms with Crippen LogP contribution in [-0.2, 0) is 0 Å². The van der Waals surface area contributed by atoms with E-state index in [1.54, 1.807) is 25.1 Å². The monoisotopic (exact) mass is 238 g/mol. The van der Waals surface area contributed by atoms with E-state index < -0.39 is 5.82 Å². The lowest BCUT2D eigenvalue weighted by Crippen LogP contribution is -1.87. The minimum Gasteiger partial charge on any atom is -0.206 e. The third-order valence-electron chi connectivity index (χ3n) is 2.36. The van der Waals surface area contributed by atoms with Crippen molar-refractivity contribution < 1.29 is 8.78 Å². The maximum atomic E-state index is 13.6. The number of hydrogen-bond donors (Lipinski definition) is 0. The van der Waals surface area contributed by atoms with Crippen LogP contribution in [0.3, 0.4) is 0 Å². The van der Waals surface area contributed by atoms with E-state index in [0.29, 0.717) is 11.1 Å². The second kappa shape index (κ2) is 4.22. The first-order valence-corrected chi connectivity index (χ1v) is 5.17. The van der Waals surface area contributed by atoms with Crippen LogP contribution >= 0.6 is 11.6 Å². The van der Waals surface area contributed by atoms with Crippen molar-refractivity contribution >= 4 is 11.6 Å². The van der Waals surface area contributed by atoms with E-state index in [0.717, 1.165) is 5.56 Å². The standard InChI is InChI=1S/C13H9ClF2/c1-8-2-4-10(12(15)6-8)9-3-5-11(14)13(16)7-9/h2-7H,1H3. The average molecular weight is 239 g/mol. The molecule has 0 saturated carbocycles. The van der Waals surface area contributed by atoms with Crippen LogP contribution in [0.25, 0.3) is 11.1 Å². The van der Waals surface area contributed by atoms with Gasteiger partial charge in [0.2, 0.25) is 0 Å². The van der Waals surface area contributed by atoms with Gasteiger partial charge in [-0.25, -0.2) is 8.78 Å². The van der Waals surface area contributed by atoms with Gasteiger partial charge in [-0.05, 0) is 36.2 Å². The van der Waals surface area contributed by atoms with Crippen LogP contribution in [-0.4, -0.2) is 0 Å². The quantitative estimate of drug-likeness (QED) is 0.682. The highest BCUT2D eigenvalue weighted by Gasteiger charge is 2.07. The summed E-state index contributed by atoms with van der Waals surface area (Å²) >= 11 is 5.56. The Bertz CT molecular complexity index is 535. The largest absolute Gasteiger partial charge is 0.206 e. The maximum absolute atomic E-state index is 13.6. The van der Waals surface area contributed by atoms with Crippen LogP contribution in [0.1, 0.15) is 5.56 Å². The number of halogens is 3. The molecule has 0 aliphatic rings. The Morgan fingerprint density at radius 1 is 0.938 bits per heavy atom. The van der Waals surface area contributed by atoms with Gasteiger partial charge >= 0.3 is 0 Å². The minimum atomic E-state index is -0.542. The summed E-state index contributed by atoms with van der Waals surface area (Å²) in [6.07, 6.45) is 0. The van der Waals surface area contributed by atoms with E-state index in [4.69, 9.17) is 11.6 Å². The summed E-state index contributed by atoms with van der Waals surface area (Å²) in [5, 5.41) is 0.0382. The van der Waals surface area contributed by atoms with E-state index in [1.165, 1.54) is 18.2 Å². The van der Waals surface area contributed by atoms with Crippen molar-refractivity contribution in [2.45, 2.75) is 6.92 Å². The highest BCUT2D eigenvalue weighted by molar-refractivity contribution is 6.30. The molecule has 0 heterocycles. The lowest BCUT2D eigenvalue weighted by Gasteiger charge is -2.05. The van der Waals surface area contributed by atoms with Crippen LogP contribution in [0.4, 0.5) is 8.78 Å². The Morgan fingerprint density at radius 2 is 1.69 bits per heavy atom. The molecule has 0 amide bonds. The lowest BCUT2D eigenvalue weighted by molar-refractivity contribution is 0.624. The summed E-state index contributed by atoms with van der Waals surface area (Å²) in [4.78, 5) is 0. The Labute approximate surface area is 97.5 Å². The van der Waals surface area contributed by atoms with Crippen molar-refractivity contribution in [3.63, 3.8) is 0 Å². The van der Waals surface area contributed by atoms with Crippen molar-refractivity contribution in [3.8, 4) is 11.1 Å². The molecular formula is C13H9ClF2. The van der Waals surface area contributed by atoms with Crippen molar-refractivity contribution in [3.05, 3.63) is 58.6 Å². The van der Waals surface area contributed by atoms with Crippen LogP contribution in [0.15, 0.2) is 36.4 Å². The van der Waals surface area contributed by atoms with Crippen molar-refractivity contribution in [2.75, 3.05) is 0 Å². The zero-order valence-electron chi connectivity index (χ0n) is 8.60. The summed E-state index contributed by atoms with van der Waals surface area (Å²) in [6.45, 7) is 1.80. The smallest absolute Gasteiger partial charge is 0.142 e. The van der Waals surface area contributed by atoms with Crippen LogP contribution in [0, 0.1) is 18.6 Å². The van der Waals surface area contributed by atoms with Gasteiger partial charge in [0.1, 0.15) is 11.6 Å². The van der Waals surface area contributed by atoms with Gasteiger partial charge in [0.15, 0.2) is 0 Å². The van der Waals surface area contributed by atoms with Gasteiger partial charge in [-0.1, -0.05) is 29.8 Å². The maximum Gasteiger partial charge on any atom is 0.142 e. The van der Waals surface area contributed by atoms with Gasteiger partial charge in [-0.15, -0.1) is 0 Å². The second-order valence-corrected chi connectivity index (χ2v) is 4.02. The van der Waals surface area contributed by atoms with Crippen molar-refractivity contribution in [1.82, 2.24) is 0 Å². The third-order valence-corrected chi connectivity index (χ3v) is 2.66. The fourth-order valence-corrected chi connectivity index (χ4v) is 1.64.